The monoisotopic (exact) mass is 295 g/mol. The summed E-state index contributed by atoms with van der Waals surface area (Å²) in [6, 6.07) is 11.6. The minimum Gasteiger partial charge on any atom is -0.300 e. The largest absolute Gasteiger partial charge is 0.300 e. The molecule has 0 aliphatic carbocycles. The van der Waals surface area contributed by atoms with E-state index in [9.17, 15) is 0 Å². The molecule has 0 saturated heterocycles. The lowest BCUT2D eigenvalue weighted by molar-refractivity contribution is 0.581. The average Bonchev–Trinajstić information content (AvgIpc) is 2.41. The number of aromatic nitrogens is 1. The topological polar surface area (TPSA) is 37.0 Å². The predicted molar refractivity (Wildman–Crippen MR) is 79.2 cm³/mol. The molecule has 0 aliphatic heterocycles. The lowest BCUT2D eigenvalue weighted by atomic mass is 10.2. The number of hydrogen-bond acceptors (Lipinski definition) is 3. The molecule has 1 heterocycles. The molecule has 2 aromatic rings. The molecule has 2 N–H and O–H groups in total. The van der Waals surface area contributed by atoms with Gasteiger partial charge in [-0.3, -0.25) is 0 Å². The first-order chi connectivity index (χ1) is 9.24. The van der Waals surface area contributed by atoms with Crippen LogP contribution in [0.2, 0.25) is 10.2 Å². The molecule has 0 aliphatic rings. The van der Waals surface area contributed by atoms with Gasteiger partial charge in [0, 0.05) is 31.0 Å². The van der Waals surface area contributed by atoms with Crippen molar-refractivity contribution in [3.63, 3.8) is 0 Å². The Balaban J connectivity index is 1.66. The Morgan fingerprint density at radius 2 is 1.74 bits per heavy atom. The van der Waals surface area contributed by atoms with Crippen LogP contribution in [0.5, 0.6) is 0 Å². The molecule has 0 amide bonds. The summed E-state index contributed by atoms with van der Waals surface area (Å²) in [5, 5.41) is 7.85. The van der Waals surface area contributed by atoms with Gasteiger partial charge in [-0.1, -0.05) is 41.4 Å². The predicted octanol–water partition coefficient (Wildman–Crippen LogP) is 3.23. The van der Waals surface area contributed by atoms with Gasteiger partial charge in [0.2, 0.25) is 0 Å². The molecule has 0 fully saturated rings. The fourth-order valence-electron chi connectivity index (χ4n) is 1.66. The fourth-order valence-corrected chi connectivity index (χ4v) is 1.98. The number of rotatable bonds is 6. The molecule has 0 bridgehead atoms. The van der Waals surface area contributed by atoms with Crippen molar-refractivity contribution in [1.29, 1.82) is 0 Å². The van der Waals surface area contributed by atoms with E-state index in [1.165, 1.54) is 5.56 Å². The molecular formula is C14H15Cl2N3. The van der Waals surface area contributed by atoms with Crippen LogP contribution in [0.25, 0.3) is 0 Å². The summed E-state index contributed by atoms with van der Waals surface area (Å²) in [6.45, 7) is 2.26. The van der Waals surface area contributed by atoms with Gasteiger partial charge in [-0.15, -0.1) is 0 Å². The van der Waals surface area contributed by atoms with Crippen molar-refractivity contribution >= 4 is 23.2 Å². The third kappa shape index (κ3) is 5.17. The molecule has 3 nitrogen and oxygen atoms in total. The van der Waals surface area contributed by atoms with Crippen LogP contribution in [0.1, 0.15) is 11.1 Å². The van der Waals surface area contributed by atoms with Crippen LogP contribution in [0.4, 0.5) is 0 Å². The lowest BCUT2D eigenvalue weighted by Gasteiger charge is -2.07. The summed E-state index contributed by atoms with van der Waals surface area (Å²) >= 11 is 11.6. The Hall–Kier alpha value is -1.13. The van der Waals surface area contributed by atoms with Crippen molar-refractivity contribution in [2.75, 3.05) is 6.67 Å². The highest BCUT2D eigenvalue weighted by Gasteiger charge is 1.95. The van der Waals surface area contributed by atoms with Gasteiger partial charge in [0.25, 0.3) is 0 Å². The van der Waals surface area contributed by atoms with Crippen LogP contribution in [0.3, 0.4) is 0 Å². The van der Waals surface area contributed by atoms with Gasteiger partial charge in [0.15, 0.2) is 0 Å². The van der Waals surface area contributed by atoms with E-state index in [0.717, 1.165) is 30.3 Å². The molecule has 0 atom stereocenters. The highest BCUT2D eigenvalue weighted by atomic mass is 35.5. The van der Waals surface area contributed by atoms with Gasteiger partial charge in [-0.25, -0.2) is 4.98 Å². The van der Waals surface area contributed by atoms with Crippen LogP contribution < -0.4 is 10.6 Å². The quantitative estimate of drug-likeness (QED) is 0.488. The van der Waals surface area contributed by atoms with Crippen molar-refractivity contribution in [3.8, 4) is 0 Å². The van der Waals surface area contributed by atoms with Crippen LogP contribution in [0.15, 0.2) is 42.6 Å². The van der Waals surface area contributed by atoms with E-state index in [4.69, 9.17) is 23.2 Å². The summed E-state index contributed by atoms with van der Waals surface area (Å²) in [4.78, 5) is 4.03. The second kappa shape index (κ2) is 7.46. The highest BCUT2D eigenvalue weighted by molar-refractivity contribution is 6.30. The number of pyridine rings is 1. The Kier molecular flexibility index (Phi) is 5.61. The average molecular weight is 296 g/mol. The van der Waals surface area contributed by atoms with E-state index in [1.54, 1.807) is 12.3 Å². The SMILES string of the molecule is Clc1cccc(CNCNCc2ccc(Cl)nc2)c1. The Morgan fingerprint density at radius 3 is 2.42 bits per heavy atom. The van der Waals surface area contributed by atoms with E-state index >= 15 is 0 Å². The van der Waals surface area contributed by atoms with Gasteiger partial charge in [-0.05, 0) is 29.3 Å². The van der Waals surface area contributed by atoms with Crippen molar-refractivity contribution in [1.82, 2.24) is 15.6 Å². The number of nitrogens with zero attached hydrogens (tertiary/aromatic N) is 1. The number of halogens is 2. The Bertz CT molecular complexity index is 514. The molecular weight excluding hydrogens is 281 g/mol. The molecule has 2 rings (SSSR count). The van der Waals surface area contributed by atoms with Gasteiger partial charge in [0.1, 0.15) is 5.15 Å². The molecule has 0 unspecified atom stereocenters. The minimum absolute atomic E-state index is 0.517. The van der Waals surface area contributed by atoms with Crippen molar-refractivity contribution in [2.24, 2.45) is 0 Å². The number of hydrogen-bond donors (Lipinski definition) is 2. The number of benzene rings is 1. The van der Waals surface area contributed by atoms with E-state index in [-0.39, 0.29) is 0 Å². The zero-order chi connectivity index (χ0) is 13.5. The van der Waals surface area contributed by atoms with Crippen LogP contribution in [0, 0.1) is 0 Å². The van der Waals surface area contributed by atoms with Crippen LogP contribution >= 0.6 is 23.2 Å². The van der Waals surface area contributed by atoms with Gasteiger partial charge < -0.3 is 10.6 Å². The first-order valence-electron chi connectivity index (χ1n) is 6.00. The molecule has 19 heavy (non-hydrogen) atoms. The maximum Gasteiger partial charge on any atom is 0.129 e. The molecule has 100 valence electrons. The van der Waals surface area contributed by atoms with Crippen molar-refractivity contribution in [3.05, 3.63) is 63.9 Å². The minimum atomic E-state index is 0.517. The van der Waals surface area contributed by atoms with Crippen LogP contribution in [-0.2, 0) is 13.1 Å². The zero-order valence-corrected chi connectivity index (χ0v) is 11.9. The summed E-state index contributed by atoms with van der Waals surface area (Å²) in [6.07, 6.45) is 1.77. The summed E-state index contributed by atoms with van der Waals surface area (Å²) in [5.41, 5.74) is 2.27. The normalized spacial score (nSPS) is 10.6. The third-order valence-corrected chi connectivity index (χ3v) is 3.04. The smallest absolute Gasteiger partial charge is 0.129 e. The summed E-state index contributed by atoms with van der Waals surface area (Å²) in [7, 11) is 0. The summed E-state index contributed by atoms with van der Waals surface area (Å²) in [5.74, 6) is 0. The fraction of sp³-hybridized carbons (Fsp3) is 0.214. The maximum atomic E-state index is 5.92. The molecule has 1 aromatic heterocycles. The van der Waals surface area contributed by atoms with Crippen molar-refractivity contribution in [2.45, 2.75) is 13.1 Å². The van der Waals surface area contributed by atoms with E-state index in [0.29, 0.717) is 5.15 Å². The second-order valence-corrected chi connectivity index (χ2v) is 4.97. The van der Waals surface area contributed by atoms with Gasteiger partial charge in [0.05, 0.1) is 0 Å². The lowest BCUT2D eigenvalue weighted by Crippen LogP contribution is -2.28. The van der Waals surface area contributed by atoms with Crippen molar-refractivity contribution < 1.29 is 0 Å². The van der Waals surface area contributed by atoms with E-state index in [1.807, 2.05) is 30.3 Å². The molecule has 0 radical (unpaired) electrons. The second-order valence-electron chi connectivity index (χ2n) is 4.15. The molecule has 1 aromatic carbocycles. The standard InChI is InChI=1S/C14H15Cl2N3/c15-13-3-1-2-11(6-13)7-17-10-18-8-12-4-5-14(16)19-9-12/h1-6,9,17-18H,7-8,10H2. The third-order valence-electron chi connectivity index (χ3n) is 2.59. The van der Waals surface area contributed by atoms with E-state index in [2.05, 4.69) is 15.6 Å². The molecule has 5 heteroatoms. The van der Waals surface area contributed by atoms with E-state index < -0.39 is 0 Å². The van der Waals surface area contributed by atoms with Gasteiger partial charge in [-0.2, -0.15) is 0 Å². The first kappa shape index (κ1) is 14.3. The Labute approximate surface area is 123 Å². The highest BCUT2D eigenvalue weighted by Crippen LogP contribution is 2.10. The zero-order valence-electron chi connectivity index (χ0n) is 10.4. The summed E-state index contributed by atoms with van der Waals surface area (Å²) < 4.78 is 0. The number of nitrogens with one attached hydrogen (secondary N) is 2. The van der Waals surface area contributed by atoms with Gasteiger partial charge >= 0.3 is 0 Å². The first-order valence-corrected chi connectivity index (χ1v) is 6.76. The Morgan fingerprint density at radius 1 is 0.947 bits per heavy atom. The van der Waals surface area contributed by atoms with Crippen LogP contribution in [-0.4, -0.2) is 11.7 Å². The molecule has 0 spiro atoms. The maximum absolute atomic E-state index is 5.92. The molecule has 0 saturated carbocycles.